The molecule has 240 valence electrons. The van der Waals surface area contributed by atoms with Crippen LogP contribution >= 0.6 is 0 Å². The third-order valence-electron chi connectivity index (χ3n) is 8.21. The van der Waals surface area contributed by atoms with E-state index in [-0.39, 0.29) is 37.6 Å². The van der Waals surface area contributed by atoms with Crippen LogP contribution in [0.5, 0.6) is 5.75 Å². The van der Waals surface area contributed by atoms with Crippen molar-refractivity contribution in [2.45, 2.75) is 52.4 Å². The van der Waals surface area contributed by atoms with Crippen molar-refractivity contribution in [3.05, 3.63) is 145 Å². The molecule has 0 aliphatic rings. The summed E-state index contributed by atoms with van der Waals surface area (Å²) in [5, 5.41) is 11.7. The summed E-state index contributed by atoms with van der Waals surface area (Å²) in [7, 11) is 0. The van der Waals surface area contributed by atoms with Gasteiger partial charge in [0.2, 0.25) is 0 Å². The maximum absolute atomic E-state index is 11.7. The van der Waals surface area contributed by atoms with Crippen LogP contribution in [0.25, 0.3) is 33.6 Å². The van der Waals surface area contributed by atoms with Gasteiger partial charge in [0.05, 0.1) is 5.69 Å². The quantitative estimate of drug-likeness (QED) is 0.171. The molecular formula is C42H40N3OPt-. The zero-order valence-electron chi connectivity index (χ0n) is 27.7. The Balaban J connectivity index is 0.00000433. The molecule has 0 bridgehead atoms. The molecule has 0 saturated carbocycles. The molecule has 0 unspecified atom stereocenters. The van der Waals surface area contributed by atoms with Gasteiger partial charge in [-0.1, -0.05) is 108 Å². The number of hydrogen-bond acceptors (Lipinski definition) is 4. The Morgan fingerprint density at radius 3 is 1.98 bits per heavy atom. The molecule has 0 aliphatic carbocycles. The number of anilines is 3. The van der Waals surface area contributed by atoms with E-state index in [4.69, 9.17) is 4.98 Å². The number of aromatic nitrogens is 2. The maximum Gasteiger partial charge on any atom is 0.136 e. The van der Waals surface area contributed by atoms with E-state index in [9.17, 15) is 5.11 Å². The predicted octanol–water partition coefficient (Wildman–Crippen LogP) is 11.0. The molecule has 0 aliphatic heterocycles. The Morgan fingerprint density at radius 2 is 1.34 bits per heavy atom. The Kier molecular flexibility index (Phi) is 9.84. The third kappa shape index (κ3) is 7.24. The van der Waals surface area contributed by atoms with E-state index in [0.29, 0.717) is 5.69 Å². The first-order chi connectivity index (χ1) is 22.0. The number of aromatic hydroxyl groups is 1. The van der Waals surface area contributed by atoms with Crippen LogP contribution < -0.4 is 4.90 Å². The van der Waals surface area contributed by atoms with E-state index in [0.717, 1.165) is 56.3 Å². The fourth-order valence-electron chi connectivity index (χ4n) is 5.68. The maximum atomic E-state index is 11.7. The number of phenolic OH excluding ortho intramolecular Hbond substituents is 1. The van der Waals surface area contributed by atoms with Crippen molar-refractivity contribution >= 4 is 17.2 Å². The van der Waals surface area contributed by atoms with E-state index in [1.807, 2.05) is 72.8 Å². The number of rotatable bonds is 6. The molecule has 2 aromatic heterocycles. The number of phenols is 1. The van der Waals surface area contributed by atoms with Crippen molar-refractivity contribution in [2.24, 2.45) is 0 Å². The molecule has 6 rings (SSSR count). The molecule has 0 radical (unpaired) electrons. The fraction of sp³-hybridized carbons (Fsp3) is 0.190. The Morgan fingerprint density at radius 1 is 0.660 bits per heavy atom. The van der Waals surface area contributed by atoms with Crippen molar-refractivity contribution in [2.75, 3.05) is 4.90 Å². The summed E-state index contributed by atoms with van der Waals surface area (Å²) in [6.07, 6.45) is 1.80. The zero-order chi connectivity index (χ0) is 32.5. The number of nitrogens with zero attached hydrogens (tertiary/aromatic N) is 3. The summed E-state index contributed by atoms with van der Waals surface area (Å²) in [6.45, 7) is 13.0. The minimum atomic E-state index is -0.249. The zero-order valence-corrected chi connectivity index (χ0v) is 30.0. The molecular weight excluding hydrogens is 758 g/mol. The Bertz CT molecular complexity index is 1920. The van der Waals surface area contributed by atoms with Crippen LogP contribution in [0.2, 0.25) is 0 Å². The number of benzene rings is 4. The summed E-state index contributed by atoms with van der Waals surface area (Å²) in [6, 6.07) is 44.6. The van der Waals surface area contributed by atoms with Crippen molar-refractivity contribution in [3.63, 3.8) is 0 Å². The van der Waals surface area contributed by atoms with Crippen molar-refractivity contribution in [1.29, 1.82) is 0 Å². The second-order valence-corrected chi connectivity index (χ2v) is 13.7. The van der Waals surface area contributed by atoms with Crippen LogP contribution in [-0.4, -0.2) is 15.1 Å². The van der Waals surface area contributed by atoms with Gasteiger partial charge >= 0.3 is 0 Å². The SMILES string of the molecule is CC(C)(C)c1cc(-c2ccc(-c3ccccc3)c(-c3[c-]c(N(c4ccccc4)c4ccccn4)ccc3)n2)c(O)c(C(C)(C)C)c1.[Pt]. The van der Waals surface area contributed by atoms with Crippen molar-refractivity contribution < 1.29 is 26.2 Å². The molecule has 0 atom stereocenters. The monoisotopic (exact) mass is 797 g/mol. The normalized spacial score (nSPS) is 11.5. The first-order valence-corrected chi connectivity index (χ1v) is 15.7. The van der Waals surface area contributed by atoms with Crippen LogP contribution in [-0.2, 0) is 31.9 Å². The van der Waals surface area contributed by atoms with Gasteiger partial charge in [0.1, 0.15) is 11.6 Å². The average Bonchev–Trinajstić information content (AvgIpc) is 3.05. The minimum Gasteiger partial charge on any atom is -0.507 e. The number of hydrogen-bond donors (Lipinski definition) is 1. The van der Waals surface area contributed by atoms with E-state index in [1.54, 1.807) is 6.20 Å². The third-order valence-corrected chi connectivity index (χ3v) is 8.21. The van der Waals surface area contributed by atoms with Crippen LogP contribution in [0.1, 0.15) is 52.7 Å². The van der Waals surface area contributed by atoms with Crippen LogP contribution in [0.4, 0.5) is 17.2 Å². The predicted molar refractivity (Wildman–Crippen MR) is 191 cm³/mol. The standard InChI is InChI=1S/C42H40N3O.Pt/c1-41(2,3)31-27-35(40(46)36(28-31)42(4,5)6)37-24-23-34(29-16-9-7-10-17-29)39(44-37)30-18-15-21-33(26-30)45(32-19-11-8-12-20-32)38-22-13-14-25-43-38;/h7-25,27-28,46H,1-6H3;/q-1;. The number of para-hydroxylation sites is 1. The van der Waals surface area contributed by atoms with Crippen LogP contribution in [0.15, 0.2) is 128 Å². The van der Waals surface area contributed by atoms with Gasteiger partial charge in [0.25, 0.3) is 0 Å². The average molecular weight is 798 g/mol. The fourth-order valence-corrected chi connectivity index (χ4v) is 5.68. The summed E-state index contributed by atoms with van der Waals surface area (Å²) in [5.74, 6) is 1.07. The Labute approximate surface area is 293 Å². The van der Waals surface area contributed by atoms with Crippen LogP contribution in [0, 0.1) is 6.07 Å². The van der Waals surface area contributed by atoms with Crippen LogP contribution in [0.3, 0.4) is 0 Å². The van der Waals surface area contributed by atoms with E-state index >= 15 is 0 Å². The molecule has 5 heteroatoms. The Hall–Kier alpha value is -4.53. The van der Waals surface area contributed by atoms with Crippen molar-refractivity contribution in [3.8, 4) is 39.4 Å². The van der Waals surface area contributed by atoms with Gasteiger partial charge in [0.15, 0.2) is 0 Å². The molecule has 0 saturated heterocycles. The summed E-state index contributed by atoms with van der Waals surface area (Å²) >= 11 is 0. The van der Waals surface area contributed by atoms with E-state index in [2.05, 4.69) is 106 Å². The van der Waals surface area contributed by atoms with Gasteiger partial charge in [-0.15, -0.1) is 29.8 Å². The van der Waals surface area contributed by atoms with Gasteiger partial charge in [-0.3, -0.25) is 4.98 Å². The largest absolute Gasteiger partial charge is 0.507 e. The number of pyridine rings is 2. The second-order valence-electron chi connectivity index (χ2n) is 13.7. The van der Waals surface area contributed by atoms with Gasteiger partial charge in [0, 0.05) is 44.1 Å². The van der Waals surface area contributed by atoms with Gasteiger partial charge in [-0.25, -0.2) is 4.98 Å². The van der Waals surface area contributed by atoms with E-state index in [1.165, 1.54) is 0 Å². The summed E-state index contributed by atoms with van der Waals surface area (Å²) in [4.78, 5) is 12.1. The van der Waals surface area contributed by atoms with Gasteiger partial charge < -0.3 is 10.0 Å². The minimum absolute atomic E-state index is 0. The molecule has 0 spiro atoms. The molecule has 4 aromatic carbocycles. The van der Waals surface area contributed by atoms with Gasteiger partial charge in [-0.05, 0) is 75.3 Å². The summed E-state index contributed by atoms with van der Waals surface area (Å²) < 4.78 is 0. The first kappa shape index (κ1) is 33.8. The molecule has 6 aromatic rings. The molecule has 1 N–H and O–H groups in total. The first-order valence-electron chi connectivity index (χ1n) is 15.7. The molecule has 0 amide bonds. The topological polar surface area (TPSA) is 49.2 Å². The van der Waals surface area contributed by atoms with Gasteiger partial charge in [-0.2, -0.15) is 0 Å². The molecule has 2 heterocycles. The molecule has 47 heavy (non-hydrogen) atoms. The smallest absolute Gasteiger partial charge is 0.136 e. The molecule has 4 nitrogen and oxygen atoms in total. The van der Waals surface area contributed by atoms with Crippen molar-refractivity contribution in [1.82, 2.24) is 9.97 Å². The second kappa shape index (κ2) is 13.7. The molecule has 0 fully saturated rings. The van der Waals surface area contributed by atoms with E-state index < -0.39 is 0 Å². The summed E-state index contributed by atoms with van der Waals surface area (Å²) in [5.41, 5.74) is 8.67.